The number of fused-ring (bicyclic) bond motifs is 1. The van der Waals surface area contributed by atoms with E-state index in [0.29, 0.717) is 10.7 Å². The van der Waals surface area contributed by atoms with Crippen LogP contribution in [0.4, 0.5) is 0 Å². The van der Waals surface area contributed by atoms with Crippen LogP contribution in [0.1, 0.15) is 40.7 Å². The second-order valence-corrected chi connectivity index (χ2v) is 8.00. The van der Waals surface area contributed by atoms with Crippen LogP contribution in [0.25, 0.3) is 0 Å². The fourth-order valence-corrected chi connectivity index (χ4v) is 4.09. The van der Waals surface area contributed by atoms with Crippen molar-refractivity contribution in [2.75, 3.05) is 33.2 Å². The number of benzene rings is 1. The van der Waals surface area contributed by atoms with Gasteiger partial charge in [0, 0.05) is 25.7 Å². The fourth-order valence-electron chi connectivity index (χ4n) is 3.39. The maximum atomic E-state index is 12.6. The molecule has 0 radical (unpaired) electrons. The number of rotatable bonds is 5. The molecule has 0 aromatic heterocycles. The number of amides is 1. The standard InChI is InChI=1S/C20H28N4OS/c1-15(8-12-24-10-3-4-11-24)26-20(21-2)23-19(25)17-5-6-18-14-22-9-7-16(18)13-17/h5-6,13,22H,1,3-4,7-12,14H2,2H3,(H,21,23,25). The van der Waals surface area contributed by atoms with Crippen LogP contribution in [-0.4, -0.2) is 49.2 Å². The first kappa shape index (κ1) is 19.1. The van der Waals surface area contributed by atoms with Gasteiger partial charge in [0.05, 0.1) is 0 Å². The third-order valence-electron chi connectivity index (χ3n) is 4.93. The van der Waals surface area contributed by atoms with E-state index in [-0.39, 0.29) is 5.91 Å². The van der Waals surface area contributed by atoms with E-state index in [4.69, 9.17) is 0 Å². The summed E-state index contributed by atoms with van der Waals surface area (Å²) in [5.74, 6) is -0.105. The van der Waals surface area contributed by atoms with E-state index in [1.54, 1.807) is 7.05 Å². The fraction of sp³-hybridized carbons (Fsp3) is 0.500. The van der Waals surface area contributed by atoms with Crippen LogP contribution in [0.5, 0.6) is 0 Å². The summed E-state index contributed by atoms with van der Waals surface area (Å²) in [5.41, 5.74) is 3.23. The van der Waals surface area contributed by atoms with Crippen LogP contribution in [0, 0.1) is 0 Å². The smallest absolute Gasteiger partial charge is 0.257 e. The highest BCUT2D eigenvalue weighted by Gasteiger charge is 2.15. The van der Waals surface area contributed by atoms with Crippen LogP contribution in [0.3, 0.4) is 0 Å². The molecule has 1 amide bonds. The van der Waals surface area contributed by atoms with Gasteiger partial charge in [-0.2, -0.15) is 0 Å². The van der Waals surface area contributed by atoms with Crippen molar-refractivity contribution in [2.24, 2.45) is 4.99 Å². The predicted molar refractivity (Wildman–Crippen MR) is 110 cm³/mol. The number of hydrogen-bond donors (Lipinski definition) is 2. The van der Waals surface area contributed by atoms with Crippen molar-refractivity contribution in [3.8, 4) is 0 Å². The van der Waals surface area contributed by atoms with Crippen LogP contribution in [0.2, 0.25) is 0 Å². The molecule has 6 heteroatoms. The van der Waals surface area contributed by atoms with E-state index >= 15 is 0 Å². The van der Waals surface area contributed by atoms with Crippen LogP contribution in [-0.2, 0) is 13.0 Å². The Kier molecular flexibility index (Phi) is 6.88. The van der Waals surface area contributed by atoms with Gasteiger partial charge in [0.1, 0.15) is 0 Å². The lowest BCUT2D eigenvalue weighted by Crippen LogP contribution is -2.29. The zero-order valence-electron chi connectivity index (χ0n) is 15.5. The van der Waals surface area contributed by atoms with Crippen molar-refractivity contribution < 1.29 is 4.79 Å². The Morgan fingerprint density at radius 2 is 2.15 bits per heavy atom. The molecule has 2 aliphatic heterocycles. The number of nitrogens with one attached hydrogen (secondary N) is 2. The summed E-state index contributed by atoms with van der Waals surface area (Å²) in [6.45, 7) is 9.40. The van der Waals surface area contributed by atoms with Crippen molar-refractivity contribution in [3.63, 3.8) is 0 Å². The highest BCUT2D eigenvalue weighted by molar-refractivity contribution is 8.17. The lowest BCUT2D eigenvalue weighted by Gasteiger charge is -2.18. The Morgan fingerprint density at radius 1 is 1.35 bits per heavy atom. The SMILES string of the molecule is C=C(CCN1CCCC1)SC(=NC)NC(=O)c1ccc2c(c1)CCNC2. The average Bonchev–Trinajstić information content (AvgIpc) is 3.19. The molecule has 1 saturated heterocycles. The molecule has 2 N–H and O–H groups in total. The van der Waals surface area contributed by atoms with E-state index in [0.717, 1.165) is 37.4 Å². The van der Waals surface area contributed by atoms with E-state index in [1.165, 1.54) is 48.8 Å². The summed E-state index contributed by atoms with van der Waals surface area (Å²) >= 11 is 1.47. The van der Waals surface area contributed by atoms with E-state index in [1.807, 2.05) is 18.2 Å². The van der Waals surface area contributed by atoms with Crippen molar-refractivity contribution in [2.45, 2.75) is 32.2 Å². The van der Waals surface area contributed by atoms with Crippen molar-refractivity contribution in [1.82, 2.24) is 15.5 Å². The summed E-state index contributed by atoms with van der Waals surface area (Å²) in [5, 5.41) is 6.89. The minimum Gasteiger partial charge on any atom is -0.312 e. The molecule has 2 aliphatic rings. The third-order valence-corrected chi connectivity index (χ3v) is 5.90. The third kappa shape index (κ3) is 5.19. The number of thioether (sulfide) groups is 1. The van der Waals surface area contributed by atoms with Gasteiger partial charge >= 0.3 is 0 Å². The molecule has 1 aromatic rings. The van der Waals surface area contributed by atoms with Crippen LogP contribution in [0.15, 0.2) is 34.7 Å². The second-order valence-electron chi connectivity index (χ2n) is 6.83. The first-order chi connectivity index (χ1) is 12.7. The Morgan fingerprint density at radius 3 is 2.92 bits per heavy atom. The first-order valence-electron chi connectivity index (χ1n) is 9.34. The molecule has 26 heavy (non-hydrogen) atoms. The highest BCUT2D eigenvalue weighted by Crippen LogP contribution is 2.21. The van der Waals surface area contributed by atoms with Gasteiger partial charge in [0.25, 0.3) is 5.91 Å². The molecule has 1 aromatic carbocycles. The molecule has 0 bridgehead atoms. The van der Waals surface area contributed by atoms with Crippen LogP contribution < -0.4 is 10.6 Å². The molecular weight excluding hydrogens is 344 g/mol. The number of amidine groups is 1. The van der Waals surface area contributed by atoms with E-state index in [2.05, 4.69) is 27.1 Å². The van der Waals surface area contributed by atoms with Crippen LogP contribution >= 0.6 is 11.8 Å². The quantitative estimate of drug-likeness (QED) is 0.616. The Hall–Kier alpha value is -1.63. The Balaban J connectivity index is 1.52. The number of hydrogen-bond acceptors (Lipinski definition) is 5. The number of carbonyl (C=O) groups is 1. The summed E-state index contributed by atoms with van der Waals surface area (Å²) < 4.78 is 0. The molecule has 0 atom stereocenters. The molecule has 0 saturated carbocycles. The minimum absolute atomic E-state index is 0.105. The summed E-state index contributed by atoms with van der Waals surface area (Å²) in [6, 6.07) is 5.94. The lowest BCUT2D eigenvalue weighted by molar-refractivity contribution is 0.0978. The summed E-state index contributed by atoms with van der Waals surface area (Å²) in [6.07, 6.45) is 4.49. The molecule has 1 fully saturated rings. The minimum atomic E-state index is -0.105. The maximum absolute atomic E-state index is 12.6. The molecule has 0 aliphatic carbocycles. The molecule has 2 heterocycles. The van der Waals surface area contributed by atoms with E-state index in [9.17, 15) is 4.79 Å². The molecule has 0 spiro atoms. The topological polar surface area (TPSA) is 56.7 Å². The molecule has 0 unspecified atom stereocenters. The van der Waals surface area contributed by atoms with Gasteiger partial charge in [0.2, 0.25) is 0 Å². The molecule has 5 nitrogen and oxygen atoms in total. The van der Waals surface area contributed by atoms with Crippen molar-refractivity contribution in [3.05, 3.63) is 46.4 Å². The zero-order valence-corrected chi connectivity index (χ0v) is 16.3. The predicted octanol–water partition coefficient (Wildman–Crippen LogP) is 2.78. The number of aliphatic imine (C=N–C) groups is 1. The van der Waals surface area contributed by atoms with Crippen molar-refractivity contribution >= 4 is 22.8 Å². The summed E-state index contributed by atoms with van der Waals surface area (Å²) in [7, 11) is 1.70. The first-order valence-corrected chi connectivity index (χ1v) is 10.2. The lowest BCUT2D eigenvalue weighted by atomic mass is 9.98. The van der Waals surface area contributed by atoms with Gasteiger partial charge in [0.15, 0.2) is 5.17 Å². The van der Waals surface area contributed by atoms with E-state index < -0.39 is 0 Å². The normalized spacial score (nSPS) is 17.8. The monoisotopic (exact) mass is 372 g/mol. The van der Waals surface area contributed by atoms with Gasteiger partial charge in [-0.25, -0.2) is 0 Å². The largest absolute Gasteiger partial charge is 0.312 e. The Labute approximate surface area is 160 Å². The number of likely N-dealkylation sites (tertiary alicyclic amines) is 1. The van der Waals surface area contributed by atoms with Gasteiger partial charge in [-0.05, 0) is 73.5 Å². The zero-order chi connectivity index (χ0) is 18.4. The van der Waals surface area contributed by atoms with Gasteiger partial charge < -0.3 is 15.5 Å². The Bertz CT molecular complexity index is 695. The molecule has 140 valence electrons. The average molecular weight is 373 g/mol. The number of carbonyl (C=O) groups excluding carboxylic acids is 1. The highest BCUT2D eigenvalue weighted by atomic mass is 32.2. The molecular formula is C20H28N4OS. The van der Waals surface area contributed by atoms with Crippen molar-refractivity contribution in [1.29, 1.82) is 0 Å². The second kappa shape index (κ2) is 9.35. The van der Waals surface area contributed by atoms with Gasteiger partial charge in [-0.15, -0.1) is 0 Å². The maximum Gasteiger partial charge on any atom is 0.257 e. The summed E-state index contributed by atoms with van der Waals surface area (Å²) in [4.78, 5) is 20.3. The molecule has 3 rings (SSSR count). The number of nitrogens with zero attached hydrogens (tertiary/aromatic N) is 2. The van der Waals surface area contributed by atoms with Gasteiger partial charge in [-0.1, -0.05) is 24.4 Å². The van der Waals surface area contributed by atoms with Gasteiger partial charge in [-0.3, -0.25) is 9.79 Å².